The maximum Gasteiger partial charge on any atom is 0.291 e. The average Bonchev–Trinajstić information content (AvgIpc) is 2.67. The second-order valence-electron chi connectivity index (χ2n) is 2.74. The Hall–Kier alpha value is -2.04. The molecule has 2 aromatic heterocycles. The molecule has 0 atom stereocenters. The van der Waals surface area contributed by atoms with Crippen LogP contribution in [-0.2, 0) is 0 Å². The lowest BCUT2D eigenvalue weighted by atomic mass is 10.2. The van der Waals surface area contributed by atoms with E-state index in [0.29, 0.717) is 17.8 Å². The lowest BCUT2D eigenvalue weighted by Crippen LogP contribution is -1.89. The van der Waals surface area contributed by atoms with Crippen LogP contribution in [0.25, 0.3) is 11.5 Å². The number of hydrogen-bond donors (Lipinski definition) is 0. The molecule has 0 bridgehead atoms. The molecule has 0 radical (unpaired) electrons. The van der Waals surface area contributed by atoms with Gasteiger partial charge in [-0.15, -0.1) is 0 Å². The number of carbonyl (C=O) groups excluding carboxylic acids is 1. The van der Waals surface area contributed by atoms with Crippen LogP contribution < -0.4 is 0 Å². The summed E-state index contributed by atoms with van der Waals surface area (Å²) in [5, 5.41) is 3.64. The number of hydrogen-bond acceptors (Lipinski definition) is 5. The van der Waals surface area contributed by atoms with Crippen LogP contribution in [0.15, 0.2) is 22.9 Å². The number of aryl methyl sites for hydroxylation is 1. The van der Waals surface area contributed by atoms with Gasteiger partial charge in [-0.1, -0.05) is 11.2 Å². The van der Waals surface area contributed by atoms with Gasteiger partial charge in [0.25, 0.3) is 5.89 Å². The van der Waals surface area contributed by atoms with Crippen molar-refractivity contribution in [2.45, 2.75) is 6.92 Å². The van der Waals surface area contributed by atoms with E-state index in [9.17, 15) is 4.79 Å². The molecule has 0 fully saturated rings. The lowest BCUT2D eigenvalue weighted by Gasteiger charge is -1.96. The first kappa shape index (κ1) is 8.55. The minimum absolute atomic E-state index is 0.0370. The van der Waals surface area contributed by atoms with E-state index in [4.69, 9.17) is 0 Å². The average molecular weight is 189 g/mol. The van der Waals surface area contributed by atoms with Gasteiger partial charge in [0, 0.05) is 6.20 Å². The van der Waals surface area contributed by atoms with E-state index in [1.807, 2.05) is 19.1 Å². The molecule has 2 rings (SSSR count). The second kappa shape index (κ2) is 3.37. The van der Waals surface area contributed by atoms with Crippen molar-refractivity contribution in [2.24, 2.45) is 0 Å². The van der Waals surface area contributed by atoms with Crippen molar-refractivity contribution in [3.63, 3.8) is 0 Å². The highest BCUT2D eigenvalue weighted by atomic mass is 16.5. The summed E-state index contributed by atoms with van der Waals surface area (Å²) < 4.78 is 4.65. The predicted octanol–water partition coefficient (Wildman–Crippen LogP) is 1.25. The summed E-state index contributed by atoms with van der Waals surface area (Å²) in [7, 11) is 0. The first-order valence-electron chi connectivity index (χ1n) is 4.02. The normalized spacial score (nSPS) is 10.1. The molecular weight excluding hydrogens is 182 g/mol. The molecule has 0 saturated heterocycles. The van der Waals surface area contributed by atoms with Gasteiger partial charge in [-0.25, -0.2) is 0 Å². The van der Waals surface area contributed by atoms with E-state index < -0.39 is 0 Å². The van der Waals surface area contributed by atoms with Crippen LogP contribution in [0.1, 0.15) is 16.2 Å². The fourth-order valence-corrected chi connectivity index (χ4v) is 1.10. The van der Waals surface area contributed by atoms with Crippen LogP contribution in [0.2, 0.25) is 0 Å². The molecule has 14 heavy (non-hydrogen) atoms. The summed E-state index contributed by atoms with van der Waals surface area (Å²) in [6.45, 7) is 1.89. The van der Waals surface area contributed by atoms with Crippen molar-refractivity contribution >= 4 is 6.29 Å². The first-order chi connectivity index (χ1) is 6.81. The highest BCUT2D eigenvalue weighted by Crippen LogP contribution is 2.15. The van der Waals surface area contributed by atoms with Gasteiger partial charge >= 0.3 is 0 Å². The molecule has 2 aromatic rings. The number of pyridine rings is 1. The Balaban J connectivity index is 2.49. The molecule has 0 unspecified atom stereocenters. The third-order valence-corrected chi connectivity index (χ3v) is 1.76. The minimum atomic E-state index is -0.0370. The van der Waals surface area contributed by atoms with E-state index in [1.165, 1.54) is 0 Å². The van der Waals surface area contributed by atoms with Crippen LogP contribution >= 0.6 is 0 Å². The van der Waals surface area contributed by atoms with Crippen LogP contribution in [0.3, 0.4) is 0 Å². The largest absolute Gasteiger partial charge is 0.331 e. The van der Waals surface area contributed by atoms with Crippen LogP contribution in [0, 0.1) is 6.92 Å². The van der Waals surface area contributed by atoms with E-state index in [-0.39, 0.29) is 5.89 Å². The van der Waals surface area contributed by atoms with E-state index >= 15 is 0 Å². The van der Waals surface area contributed by atoms with E-state index in [0.717, 1.165) is 5.56 Å². The fourth-order valence-electron chi connectivity index (χ4n) is 1.10. The molecule has 5 nitrogen and oxygen atoms in total. The Morgan fingerprint density at radius 1 is 1.50 bits per heavy atom. The topological polar surface area (TPSA) is 68.9 Å². The highest BCUT2D eigenvalue weighted by molar-refractivity contribution is 5.68. The Morgan fingerprint density at radius 2 is 2.36 bits per heavy atom. The highest BCUT2D eigenvalue weighted by Gasteiger charge is 2.10. The molecular formula is C9H7N3O2. The predicted molar refractivity (Wildman–Crippen MR) is 47.7 cm³/mol. The SMILES string of the molecule is Cc1cccnc1-c1noc(C=O)n1. The van der Waals surface area contributed by atoms with Gasteiger partial charge < -0.3 is 4.52 Å². The maximum atomic E-state index is 10.3. The zero-order chi connectivity index (χ0) is 9.97. The van der Waals surface area contributed by atoms with Gasteiger partial charge in [0.1, 0.15) is 5.69 Å². The summed E-state index contributed by atoms with van der Waals surface area (Å²) in [4.78, 5) is 18.3. The third kappa shape index (κ3) is 1.39. The number of carbonyl (C=O) groups is 1. The lowest BCUT2D eigenvalue weighted by molar-refractivity contribution is 0.108. The molecule has 0 N–H and O–H groups in total. The number of aromatic nitrogens is 3. The molecule has 0 spiro atoms. The molecule has 0 amide bonds. The molecule has 0 saturated carbocycles. The van der Waals surface area contributed by atoms with Gasteiger partial charge in [-0.3, -0.25) is 9.78 Å². The second-order valence-corrected chi connectivity index (χ2v) is 2.74. The molecule has 0 aromatic carbocycles. The monoisotopic (exact) mass is 189 g/mol. The Labute approximate surface area is 79.8 Å². The summed E-state index contributed by atoms with van der Waals surface area (Å²) in [6.07, 6.45) is 2.15. The smallest absolute Gasteiger partial charge is 0.291 e. The van der Waals surface area contributed by atoms with Crippen molar-refractivity contribution < 1.29 is 9.32 Å². The van der Waals surface area contributed by atoms with Gasteiger partial charge in [0.05, 0.1) is 0 Å². The van der Waals surface area contributed by atoms with Crippen LogP contribution in [-0.4, -0.2) is 21.4 Å². The molecule has 2 heterocycles. The zero-order valence-corrected chi connectivity index (χ0v) is 7.47. The number of aldehydes is 1. The van der Waals surface area contributed by atoms with Gasteiger partial charge in [-0.2, -0.15) is 4.98 Å². The Morgan fingerprint density at radius 3 is 3.00 bits per heavy atom. The van der Waals surface area contributed by atoms with Crippen molar-refractivity contribution in [1.29, 1.82) is 0 Å². The van der Waals surface area contributed by atoms with Crippen LogP contribution in [0.5, 0.6) is 0 Å². The molecule has 0 aliphatic rings. The Bertz CT molecular complexity index is 465. The fraction of sp³-hybridized carbons (Fsp3) is 0.111. The molecule has 5 heteroatoms. The van der Waals surface area contributed by atoms with E-state index in [1.54, 1.807) is 6.20 Å². The minimum Gasteiger partial charge on any atom is -0.331 e. The van der Waals surface area contributed by atoms with Crippen LogP contribution in [0.4, 0.5) is 0 Å². The standard InChI is InChI=1S/C9H7N3O2/c1-6-3-2-4-10-8(6)9-11-7(5-13)14-12-9/h2-5H,1H3. The summed E-state index contributed by atoms with van der Waals surface area (Å²) in [5.41, 5.74) is 1.56. The maximum absolute atomic E-state index is 10.3. The number of rotatable bonds is 2. The summed E-state index contributed by atoms with van der Waals surface area (Å²) in [6, 6.07) is 3.71. The van der Waals surface area contributed by atoms with Crippen molar-refractivity contribution in [2.75, 3.05) is 0 Å². The van der Waals surface area contributed by atoms with Gasteiger partial charge in [0.2, 0.25) is 12.1 Å². The van der Waals surface area contributed by atoms with E-state index in [2.05, 4.69) is 19.6 Å². The molecule has 0 aliphatic heterocycles. The molecule has 0 aliphatic carbocycles. The number of nitrogens with zero attached hydrogens (tertiary/aromatic N) is 3. The summed E-state index contributed by atoms with van der Waals surface area (Å²) >= 11 is 0. The summed E-state index contributed by atoms with van der Waals surface area (Å²) in [5.74, 6) is 0.301. The quantitative estimate of drug-likeness (QED) is 0.665. The molecule has 70 valence electrons. The first-order valence-corrected chi connectivity index (χ1v) is 4.02. The van der Waals surface area contributed by atoms with Crippen molar-refractivity contribution in [3.8, 4) is 11.5 Å². The van der Waals surface area contributed by atoms with Crippen molar-refractivity contribution in [1.82, 2.24) is 15.1 Å². The Kier molecular flexibility index (Phi) is 2.06. The van der Waals surface area contributed by atoms with Crippen molar-refractivity contribution in [3.05, 3.63) is 29.8 Å². The third-order valence-electron chi connectivity index (χ3n) is 1.76. The van der Waals surface area contributed by atoms with Gasteiger partial charge in [0.15, 0.2) is 0 Å². The zero-order valence-electron chi connectivity index (χ0n) is 7.47. The van der Waals surface area contributed by atoms with Gasteiger partial charge in [-0.05, 0) is 18.6 Å².